The quantitative estimate of drug-likeness (QED) is 0.570. The summed E-state index contributed by atoms with van der Waals surface area (Å²) in [5, 5.41) is 4.40. The van der Waals surface area contributed by atoms with Gasteiger partial charge in [-0.15, -0.1) is 11.3 Å². The number of benzene rings is 2. The van der Waals surface area contributed by atoms with Crippen molar-refractivity contribution in [1.29, 1.82) is 0 Å². The summed E-state index contributed by atoms with van der Waals surface area (Å²) in [4.78, 5) is 29.3. The summed E-state index contributed by atoms with van der Waals surface area (Å²) in [5.41, 5.74) is 1.22. The molecule has 7 heteroatoms. The van der Waals surface area contributed by atoms with Gasteiger partial charge in [-0.1, -0.05) is 42.3 Å². The second kappa shape index (κ2) is 8.51. The van der Waals surface area contributed by atoms with Crippen molar-refractivity contribution < 1.29 is 14.3 Å². The molecule has 0 unspecified atom stereocenters. The predicted octanol–water partition coefficient (Wildman–Crippen LogP) is 4.27. The van der Waals surface area contributed by atoms with Gasteiger partial charge in [-0.2, -0.15) is 0 Å². The number of carbonyl (C=O) groups excluding carboxylic acids is 2. The van der Waals surface area contributed by atoms with Gasteiger partial charge in [-0.05, 0) is 42.7 Å². The maximum Gasteiger partial charge on any atom is 0.317 e. The topological polar surface area (TPSA) is 68.3 Å². The lowest BCUT2D eigenvalue weighted by Gasteiger charge is -2.39. The van der Waals surface area contributed by atoms with Crippen LogP contribution in [0.15, 0.2) is 48.5 Å². The van der Waals surface area contributed by atoms with Crippen molar-refractivity contribution in [2.75, 3.05) is 13.2 Å². The molecule has 1 saturated carbocycles. The molecule has 0 saturated heterocycles. The van der Waals surface area contributed by atoms with Gasteiger partial charge in [0.25, 0.3) is 5.91 Å². The van der Waals surface area contributed by atoms with Crippen molar-refractivity contribution in [3.63, 3.8) is 0 Å². The average molecular weight is 429 g/mol. The van der Waals surface area contributed by atoms with Crippen molar-refractivity contribution in [1.82, 2.24) is 10.3 Å². The van der Waals surface area contributed by atoms with E-state index in [1.807, 2.05) is 36.4 Å². The van der Waals surface area contributed by atoms with Crippen molar-refractivity contribution in [2.45, 2.75) is 31.1 Å². The third-order valence-corrected chi connectivity index (χ3v) is 6.68. The van der Waals surface area contributed by atoms with E-state index >= 15 is 0 Å². The molecule has 1 heterocycles. The van der Waals surface area contributed by atoms with Gasteiger partial charge in [0, 0.05) is 18.0 Å². The van der Waals surface area contributed by atoms with E-state index in [0.717, 1.165) is 40.1 Å². The highest BCUT2D eigenvalue weighted by Crippen LogP contribution is 2.45. The molecule has 0 atom stereocenters. The Labute approximate surface area is 178 Å². The Balaban J connectivity index is 1.26. The molecule has 0 bridgehead atoms. The first-order valence-electron chi connectivity index (χ1n) is 9.61. The molecular formula is C22H21ClN2O3S. The Bertz CT molecular complexity index is 995. The zero-order valence-electron chi connectivity index (χ0n) is 15.8. The van der Waals surface area contributed by atoms with E-state index in [0.29, 0.717) is 18.0 Å². The SMILES string of the molecule is O=C(COC(=O)C1(c2ccc(Cl)cc2)CCC1)NCCc1nc2ccccc2s1. The van der Waals surface area contributed by atoms with Crippen LogP contribution in [0.2, 0.25) is 5.02 Å². The van der Waals surface area contributed by atoms with Crippen LogP contribution in [0.3, 0.4) is 0 Å². The fourth-order valence-electron chi connectivity index (χ4n) is 3.57. The number of hydrogen-bond acceptors (Lipinski definition) is 5. The molecule has 0 aliphatic heterocycles. The summed E-state index contributed by atoms with van der Waals surface area (Å²) in [6.07, 6.45) is 3.07. The smallest absolute Gasteiger partial charge is 0.317 e. The highest BCUT2D eigenvalue weighted by Gasteiger charge is 2.47. The molecule has 1 aliphatic carbocycles. The van der Waals surface area contributed by atoms with Crippen LogP contribution in [-0.2, 0) is 26.2 Å². The van der Waals surface area contributed by atoms with Crippen molar-refractivity contribution in [3.05, 3.63) is 64.1 Å². The molecule has 1 aromatic heterocycles. The predicted molar refractivity (Wildman–Crippen MR) is 114 cm³/mol. The van der Waals surface area contributed by atoms with E-state index in [9.17, 15) is 9.59 Å². The largest absolute Gasteiger partial charge is 0.455 e. The van der Waals surface area contributed by atoms with Gasteiger partial charge in [-0.3, -0.25) is 9.59 Å². The average Bonchev–Trinajstić information content (AvgIpc) is 3.10. The van der Waals surface area contributed by atoms with Crippen molar-refractivity contribution in [2.24, 2.45) is 0 Å². The molecule has 2 aromatic carbocycles. The van der Waals surface area contributed by atoms with Crippen LogP contribution in [0.1, 0.15) is 29.8 Å². The lowest BCUT2D eigenvalue weighted by atomic mass is 9.64. The Morgan fingerprint density at radius 1 is 1.14 bits per heavy atom. The number of esters is 1. The standard InChI is InChI=1S/C22H21ClN2O3S/c23-16-8-6-15(7-9-16)22(11-3-12-22)21(27)28-14-19(26)24-13-10-20-25-17-4-1-2-5-18(17)29-20/h1-2,4-9H,3,10-14H2,(H,24,26). The Morgan fingerprint density at radius 3 is 2.59 bits per heavy atom. The minimum atomic E-state index is -0.647. The van der Waals surface area contributed by atoms with Crippen LogP contribution < -0.4 is 5.32 Å². The fourth-order valence-corrected chi connectivity index (χ4v) is 4.66. The molecule has 1 N–H and O–H groups in total. The van der Waals surface area contributed by atoms with Gasteiger partial charge in [0.2, 0.25) is 0 Å². The van der Waals surface area contributed by atoms with E-state index in [2.05, 4.69) is 10.3 Å². The van der Waals surface area contributed by atoms with E-state index < -0.39 is 5.41 Å². The van der Waals surface area contributed by atoms with Crippen molar-refractivity contribution in [3.8, 4) is 0 Å². The number of rotatable bonds is 7. The number of para-hydroxylation sites is 1. The van der Waals surface area contributed by atoms with Crippen molar-refractivity contribution >= 4 is 45.0 Å². The summed E-state index contributed by atoms with van der Waals surface area (Å²) >= 11 is 7.57. The molecule has 5 nitrogen and oxygen atoms in total. The molecule has 3 aromatic rings. The van der Waals surface area contributed by atoms with Gasteiger partial charge < -0.3 is 10.1 Å². The number of thiazole rings is 1. The zero-order valence-corrected chi connectivity index (χ0v) is 17.4. The minimum Gasteiger partial charge on any atom is -0.455 e. The van der Waals surface area contributed by atoms with Gasteiger partial charge in [0.1, 0.15) is 0 Å². The Kier molecular flexibility index (Phi) is 5.83. The van der Waals surface area contributed by atoms with Gasteiger partial charge in [0.15, 0.2) is 6.61 Å². The highest BCUT2D eigenvalue weighted by atomic mass is 35.5. The van der Waals surface area contributed by atoms with E-state index in [1.165, 1.54) is 0 Å². The fraction of sp³-hybridized carbons (Fsp3) is 0.318. The second-order valence-corrected chi connectivity index (χ2v) is 8.75. The van der Waals surface area contributed by atoms with Crippen LogP contribution in [0.5, 0.6) is 0 Å². The molecule has 150 valence electrons. The molecule has 0 spiro atoms. The second-order valence-electron chi connectivity index (χ2n) is 7.19. The summed E-state index contributed by atoms with van der Waals surface area (Å²) < 4.78 is 6.48. The molecule has 4 rings (SSSR count). The molecule has 1 fully saturated rings. The van der Waals surface area contributed by atoms with Gasteiger partial charge >= 0.3 is 5.97 Å². The van der Waals surface area contributed by atoms with E-state index in [4.69, 9.17) is 16.3 Å². The first kappa shape index (κ1) is 19.9. The first-order valence-corrected chi connectivity index (χ1v) is 10.8. The minimum absolute atomic E-state index is 0.270. The van der Waals surface area contributed by atoms with Crippen LogP contribution in [-0.4, -0.2) is 30.0 Å². The third-order valence-electron chi connectivity index (χ3n) is 5.33. The number of amides is 1. The van der Waals surface area contributed by atoms with Crippen LogP contribution in [0.4, 0.5) is 0 Å². The molecule has 29 heavy (non-hydrogen) atoms. The van der Waals surface area contributed by atoms with Gasteiger partial charge in [-0.25, -0.2) is 4.98 Å². The number of halogens is 1. The lowest BCUT2D eigenvalue weighted by Crippen LogP contribution is -2.45. The third kappa shape index (κ3) is 4.28. The molecule has 1 aliphatic rings. The molecule has 1 amide bonds. The van der Waals surface area contributed by atoms with Crippen LogP contribution in [0.25, 0.3) is 10.2 Å². The number of nitrogens with one attached hydrogen (secondary N) is 1. The lowest BCUT2D eigenvalue weighted by molar-refractivity contribution is -0.157. The molecule has 0 radical (unpaired) electrons. The number of fused-ring (bicyclic) bond motifs is 1. The number of nitrogens with zero attached hydrogens (tertiary/aromatic N) is 1. The number of hydrogen-bond donors (Lipinski definition) is 1. The zero-order chi connectivity index (χ0) is 20.3. The summed E-state index contributed by atoms with van der Waals surface area (Å²) in [5.74, 6) is -0.641. The summed E-state index contributed by atoms with van der Waals surface area (Å²) in [6.45, 7) is 0.187. The normalized spacial score (nSPS) is 14.9. The van der Waals surface area contributed by atoms with Crippen LogP contribution in [0, 0.1) is 0 Å². The maximum absolute atomic E-state index is 12.7. The molecular weight excluding hydrogens is 408 g/mol. The number of carbonyl (C=O) groups is 2. The van der Waals surface area contributed by atoms with E-state index in [-0.39, 0.29) is 18.5 Å². The number of ether oxygens (including phenoxy) is 1. The van der Waals surface area contributed by atoms with E-state index in [1.54, 1.807) is 23.5 Å². The highest BCUT2D eigenvalue weighted by molar-refractivity contribution is 7.18. The summed E-state index contributed by atoms with van der Waals surface area (Å²) in [6, 6.07) is 15.2. The Morgan fingerprint density at radius 2 is 1.90 bits per heavy atom. The number of aromatic nitrogens is 1. The first-order chi connectivity index (χ1) is 14.1. The maximum atomic E-state index is 12.7. The summed E-state index contributed by atoms with van der Waals surface area (Å²) in [7, 11) is 0. The van der Waals surface area contributed by atoms with Crippen LogP contribution >= 0.6 is 22.9 Å². The Hall–Kier alpha value is -2.44. The van der Waals surface area contributed by atoms with Gasteiger partial charge in [0.05, 0.1) is 20.6 Å². The monoisotopic (exact) mass is 428 g/mol.